The summed E-state index contributed by atoms with van der Waals surface area (Å²) < 4.78 is 0. The highest BCUT2D eigenvalue weighted by Gasteiger charge is 2.39. The van der Waals surface area contributed by atoms with Gasteiger partial charge in [0.15, 0.2) is 5.78 Å². The van der Waals surface area contributed by atoms with Gasteiger partial charge in [-0.1, -0.05) is 25.1 Å². The van der Waals surface area contributed by atoms with Crippen LogP contribution in [0, 0.1) is 0 Å². The Bertz CT molecular complexity index is 1010. The molecule has 0 fully saturated rings. The van der Waals surface area contributed by atoms with Crippen molar-refractivity contribution in [1.29, 1.82) is 0 Å². The highest BCUT2D eigenvalue weighted by Crippen LogP contribution is 2.46. The maximum absolute atomic E-state index is 13.6. The summed E-state index contributed by atoms with van der Waals surface area (Å²) in [6.07, 6.45) is 3.13. The van der Waals surface area contributed by atoms with Crippen LogP contribution in [-0.2, 0) is 14.4 Å². The highest BCUT2D eigenvalue weighted by molar-refractivity contribution is 7.10. The Kier molecular flexibility index (Phi) is 6.51. The molecule has 0 bridgehead atoms. The fourth-order valence-corrected chi connectivity index (χ4v) is 5.04. The van der Waals surface area contributed by atoms with Crippen molar-refractivity contribution >= 4 is 40.3 Å². The van der Waals surface area contributed by atoms with Crippen LogP contribution in [-0.4, -0.2) is 24.1 Å². The molecule has 2 N–H and O–H groups in total. The molecular formula is C24H27N3O3S. The molecule has 4 rings (SSSR count). The van der Waals surface area contributed by atoms with E-state index < -0.39 is 6.04 Å². The topological polar surface area (TPSA) is 78.5 Å². The van der Waals surface area contributed by atoms with Gasteiger partial charge in [-0.25, -0.2) is 0 Å². The molecule has 1 aliphatic heterocycles. The second-order valence-electron chi connectivity index (χ2n) is 7.84. The normalized spacial score (nSPS) is 18.0. The van der Waals surface area contributed by atoms with Crippen LogP contribution in [0.5, 0.6) is 0 Å². The van der Waals surface area contributed by atoms with Crippen LogP contribution in [0.2, 0.25) is 0 Å². The lowest BCUT2D eigenvalue weighted by Gasteiger charge is -2.33. The fraction of sp³-hybridized carbons (Fsp3) is 0.375. The van der Waals surface area contributed by atoms with Crippen LogP contribution in [0.1, 0.15) is 56.4 Å². The summed E-state index contributed by atoms with van der Waals surface area (Å²) >= 11 is 1.54. The molecule has 6 nitrogen and oxygen atoms in total. The van der Waals surface area contributed by atoms with Crippen LogP contribution >= 0.6 is 11.3 Å². The largest absolute Gasteiger partial charge is 0.357 e. The number of benzene rings is 1. The number of para-hydroxylation sites is 2. The average molecular weight is 438 g/mol. The summed E-state index contributed by atoms with van der Waals surface area (Å²) in [4.78, 5) is 41.5. The third kappa shape index (κ3) is 4.42. The zero-order valence-electron chi connectivity index (χ0n) is 17.6. The number of ketones is 1. The van der Waals surface area contributed by atoms with Crippen LogP contribution in [0.25, 0.3) is 0 Å². The Morgan fingerprint density at radius 2 is 2.00 bits per heavy atom. The van der Waals surface area contributed by atoms with Gasteiger partial charge in [0.05, 0.1) is 11.4 Å². The number of fused-ring (bicyclic) bond motifs is 1. The summed E-state index contributed by atoms with van der Waals surface area (Å²) in [5.41, 5.74) is 3.13. The number of nitrogens with zero attached hydrogens (tertiary/aromatic N) is 1. The van der Waals surface area contributed by atoms with Gasteiger partial charge in [0, 0.05) is 42.0 Å². The Labute approximate surface area is 186 Å². The number of hydrogen-bond donors (Lipinski definition) is 2. The number of allylic oxidation sites excluding steroid dienone is 1. The molecule has 7 heteroatoms. The van der Waals surface area contributed by atoms with Gasteiger partial charge in [0.2, 0.25) is 11.8 Å². The predicted molar refractivity (Wildman–Crippen MR) is 123 cm³/mol. The van der Waals surface area contributed by atoms with Crippen LogP contribution in [0.3, 0.4) is 0 Å². The lowest BCUT2D eigenvalue weighted by atomic mass is 9.88. The lowest BCUT2D eigenvalue weighted by Crippen LogP contribution is -2.38. The van der Waals surface area contributed by atoms with E-state index in [0.717, 1.165) is 41.2 Å². The van der Waals surface area contributed by atoms with E-state index in [9.17, 15) is 14.4 Å². The predicted octanol–water partition coefficient (Wildman–Crippen LogP) is 4.56. The van der Waals surface area contributed by atoms with Gasteiger partial charge in [-0.05, 0) is 42.8 Å². The molecule has 1 aromatic carbocycles. The third-order valence-electron chi connectivity index (χ3n) is 5.66. The summed E-state index contributed by atoms with van der Waals surface area (Å²) in [6, 6.07) is 11.1. The quantitative estimate of drug-likeness (QED) is 0.694. The highest BCUT2D eigenvalue weighted by atomic mass is 32.1. The van der Waals surface area contributed by atoms with E-state index in [1.165, 1.54) is 0 Å². The van der Waals surface area contributed by atoms with E-state index >= 15 is 0 Å². The molecule has 2 aliphatic rings. The molecule has 1 atom stereocenters. The fourth-order valence-electron chi connectivity index (χ4n) is 4.22. The first-order valence-electron chi connectivity index (χ1n) is 10.8. The average Bonchev–Trinajstić information content (AvgIpc) is 3.25. The van der Waals surface area contributed by atoms with Gasteiger partial charge in [-0.2, -0.15) is 0 Å². The number of rotatable bonds is 6. The second kappa shape index (κ2) is 9.47. The van der Waals surface area contributed by atoms with Gasteiger partial charge >= 0.3 is 0 Å². The maximum Gasteiger partial charge on any atom is 0.228 e. The maximum atomic E-state index is 13.6. The molecule has 1 aromatic heterocycles. The first-order valence-corrected chi connectivity index (χ1v) is 11.7. The molecule has 0 saturated carbocycles. The van der Waals surface area contributed by atoms with Crippen molar-refractivity contribution < 1.29 is 14.4 Å². The molecule has 0 spiro atoms. The number of carbonyl (C=O) groups is 3. The molecule has 1 unspecified atom stereocenters. The molecule has 31 heavy (non-hydrogen) atoms. The SMILES string of the molecule is CCCNC(=O)CCC(=O)N1c2ccccc2NC2=C(C(=O)CCC2)C1c1cccs1. The Morgan fingerprint density at radius 3 is 2.77 bits per heavy atom. The number of hydrogen-bond acceptors (Lipinski definition) is 5. The van der Waals surface area contributed by atoms with Gasteiger partial charge in [0.1, 0.15) is 6.04 Å². The summed E-state index contributed by atoms with van der Waals surface area (Å²) in [7, 11) is 0. The monoisotopic (exact) mass is 437 g/mol. The molecule has 162 valence electrons. The standard InChI is InChI=1S/C24H27N3O3S/c1-2-14-25-21(29)12-13-22(30)27-18-9-4-3-7-16(18)26-17-8-5-10-19(28)23(17)24(27)20-11-6-15-31-20/h3-4,6-7,9,11,15,24,26H,2,5,8,10,12-14H2,1H3,(H,25,29). The zero-order valence-corrected chi connectivity index (χ0v) is 18.5. The molecule has 0 saturated heterocycles. The number of thiophene rings is 1. The minimum absolute atomic E-state index is 0.0819. The van der Waals surface area contributed by atoms with Crippen molar-refractivity contribution in [2.75, 3.05) is 16.8 Å². The van der Waals surface area contributed by atoms with Crippen molar-refractivity contribution in [3.8, 4) is 0 Å². The van der Waals surface area contributed by atoms with Crippen molar-refractivity contribution in [1.82, 2.24) is 5.32 Å². The molecule has 0 radical (unpaired) electrons. The second-order valence-corrected chi connectivity index (χ2v) is 8.82. The van der Waals surface area contributed by atoms with Gasteiger partial charge in [0.25, 0.3) is 0 Å². The Hall–Kier alpha value is -2.93. The summed E-state index contributed by atoms with van der Waals surface area (Å²) in [5, 5.41) is 8.25. The van der Waals surface area contributed by atoms with E-state index in [2.05, 4.69) is 10.6 Å². The van der Waals surface area contributed by atoms with Gasteiger partial charge in [-0.15, -0.1) is 11.3 Å². The first kappa shape index (κ1) is 21.3. The van der Waals surface area contributed by atoms with Crippen molar-refractivity contribution in [3.05, 3.63) is 57.9 Å². The van der Waals surface area contributed by atoms with Gasteiger partial charge in [-0.3, -0.25) is 19.3 Å². The van der Waals surface area contributed by atoms with Crippen molar-refractivity contribution in [2.24, 2.45) is 0 Å². The smallest absolute Gasteiger partial charge is 0.228 e. The third-order valence-corrected chi connectivity index (χ3v) is 6.58. The van der Waals surface area contributed by atoms with Crippen molar-refractivity contribution in [3.63, 3.8) is 0 Å². The molecule has 1 aliphatic carbocycles. The summed E-state index contributed by atoms with van der Waals surface area (Å²) in [6.45, 7) is 2.59. The Balaban J connectivity index is 1.76. The van der Waals surface area contributed by atoms with Crippen LogP contribution < -0.4 is 15.5 Å². The lowest BCUT2D eigenvalue weighted by molar-refractivity contribution is -0.125. The first-order chi connectivity index (χ1) is 15.1. The van der Waals surface area contributed by atoms with Crippen molar-refractivity contribution in [2.45, 2.75) is 51.5 Å². The van der Waals surface area contributed by atoms with Crippen LogP contribution in [0.4, 0.5) is 11.4 Å². The van der Waals surface area contributed by atoms with E-state index in [1.807, 2.05) is 48.7 Å². The number of anilines is 2. The Morgan fingerprint density at radius 1 is 1.16 bits per heavy atom. The molecule has 2 amide bonds. The molecule has 2 heterocycles. The molecular weight excluding hydrogens is 410 g/mol. The number of amides is 2. The van der Waals surface area contributed by atoms with E-state index in [0.29, 0.717) is 18.5 Å². The minimum atomic E-state index is -0.481. The number of nitrogens with one attached hydrogen (secondary N) is 2. The minimum Gasteiger partial charge on any atom is -0.357 e. The number of carbonyl (C=O) groups excluding carboxylic acids is 3. The molecule has 2 aromatic rings. The zero-order chi connectivity index (χ0) is 21.8. The van der Waals surface area contributed by atoms with E-state index in [-0.39, 0.29) is 30.4 Å². The van der Waals surface area contributed by atoms with Crippen LogP contribution in [0.15, 0.2) is 53.0 Å². The van der Waals surface area contributed by atoms with Gasteiger partial charge < -0.3 is 10.6 Å². The van der Waals surface area contributed by atoms with E-state index in [1.54, 1.807) is 16.2 Å². The number of Topliss-reactive ketones (excluding diaryl/α,β-unsaturated/α-hetero) is 1. The summed E-state index contributed by atoms with van der Waals surface area (Å²) in [5.74, 6) is -0.206. The van der Waals surface area contributed by atoms with E-state index in [4.69, 9.17) is 0 Å².